The molecular formula is C37H52N4O10. The third-order valence-electron chi connectivity index (χ3n) is 9.44. The molecule has 3 heterocycles. The van der Waals surface area contributed by atoms with Crippen molar-refractivity contribution in [2.24, 2.45) is 5.92 Å². The number of methoxy groups -OCH3 is 1. The van der Waals surface area contributed by atoms with Gasteiger partial charge in [0.05, 0.1) is 24.9 Å². The van der Waals surface area contributed by atoms with Crippen LogP contribution in [0.4, 0.5) is 4.79 Å². The Morgan fingerprint density at radius 1 is 1.02 bits per heavy atom. The summed E-state index contributed by atoms with van der Waals surface area (Å²) in [4.78, 5) is 80.7. The Bertz CT molecular complexity index is 1420. The minimum atomic E-state index is -1.46. The molecule has 1 aromatic rings. The number of allylic oxidation sites excluding steroid dienone is 2. The van der Waals surface area contributed by atoms with Crippen molar-refractivity contribution in [3.05, 3.63) is 48.0 Å². The van der Waals surface area contributed by atoms with Crippen molar-refractivity contribution in [2.45, 2.75) is 121 Å². The van der Waals surface area contributed by atoms with Crippen molar-refractivity contribution in [1.29, 1.82) is 0 Å². The standard InChI is InChI=1S/C37H52N4O10/c1-24(42)50-32(34(45)38-21-30(43)48-4)27-18-14-9-7-5-6-8-10-15-19-28(40-36(47)49-23-25-16-12-11-13-17-25)35(46)41-22-29-26(20-37(2,3)51-29)31(41)33(44)39-27/h5-6,11-13,16-17,26-29,31-32H,7-10,14-15,18-23H2,1-4H3,(H,38,45)(H,39,44)(H,40,47)/t26-,27-,28-,29?,31-,32?/m0/s1. The van der Waals surface area contributed by atoms with Crippen LogP contribution in [-0.2, 0) is 49.5 Å². The van der Waals surface area contributed by atoms with E-state index in [1.807, 2.05) is 44.2 Å². The van der Waals surface area contributed by atoms with E-state index in [1.54, 1.807) is 0 Å². The lowest BCUT2D eigenvalue weighted by molar-refractivity contribution is -0.157. The van der Waals surface area contributed by atoms with Crippen LogP contribution in [0.1, 0.15) is 84.1 Å². The van der Waals surface area contributed by atoms with Crippen LogP contribution in [0.3, 0.4) is 0 Å². The first-order valence-electron chi connectivity index (χ1n) is 17.8. The maximum absolute atomic E-state index is 14.4. The summed E-state index contributed by atoms with van der Waals surface area (Å²) in [5, 5.41) is 8.15. The van der Waals surface area contributed by atoms with Crippen molar-refractivity contribution in [2.75, 3.05) is 20.2 Å². The molecule has 0 radical (unpaired) electrons. The van der Waals surface area contributed by atoms with E-state index in [-0.39, 0.29) is 25.5 Å². The number of carbonyl (C=O) groups is 6. The summed E-state index contributed by atoms with van der Waals surface area (Å²) in [5.74, 6) is -3.56. The zero-order valence-corrected chi connectivity index (χ0v) is 30.0. The van der Waals surface area contributed by atoms with E-state index in [4.69, 9.17) is 14.2 Å². The fraction of sp³-hybridized carbons (Fsp3) is 0.622. The normalized spacial score (nSPS) is 26.0. The van der Waals surface area contributed by atoms with Gasteiger partial charge in [-0.2, -0.15) is 0 Å². The van der Waals surface area contributed by atoms with Crippen molar-refractivity contribution in [3.63, 3.8) is 0 Å². The summed E-state index contributed by atoms with van der Waals surface area (Å²) in [6, 6.07) is 6.25. The summed E-state index contributed by atoms with van der Waals surface area (Å²) in [7, 11) is 1.18. The smallest absolute Gasteiger partial charge is 0.408 e. The molecule has 4 rings (SSSR count). The molecule has 3 aliphatic heterocycles. The lowest BCUT2D eigenvalue weighted by Gasteiger charge is -2.34. The van der Waals surface area contributed by atoms with E-state index in [1.165, 1.54) is 12.0 Å². The molecule has 2 saturated heterocycles. The van der Waals surface area contributed by atoms with E-state index in [0.29, 0.717) is 25.7 Å². The van der Waals surface area contributed by atoms with Gasteiger partial charge < -0.3 is 39.8 Å². The zero-order chi connectivity index (χ0) is 37.0. The highest BCUT2D eigenvalue weighted by molar-refractivity contribution is 5.93. The number of esters is 2. The Morgan fingerprint density at radius 3 is 2.37 bits per heavy atom. The molecular weight excluding hydrogens is 660 g/mol. The SMILES string of the molecule is COC(=O)CNC(=O)C(OC(C)=O)[C@@H]1CCCCC=CCCCC[C@H](NC(=O)OCc2ccccc2)C(=O)N2CC3OC(C)(C)C[C@@H]3[C@H]2C(=O)N1. The van der Waals surface area contributed by atoms with Gasteiger partial charge in [-0.3, -0.25) is 24.0 Å². The second-order valence-corrected chi connectivity index (χ2v) is 14.0. The molecule has 3 N–H and O–H groups in total. The van der Waals surface area contributed by atoms with Gasteiger partial charge in [0.25, 0.3) is 5.91 Å². The van der Waals surface area contributed by atoms with Crippen molar-refractivity contribution in [1.82, 2.24) is 20.9 Å². The molecule has 280 valence electrons. The molecule has 4 amide bonds. The topological polar surface area (TPSA) is 179 Å². The Morgan fingerprint density at radius 2 is 1.71 bits per heavy atom. The number of benzene rings is 1. The number of fused-ring (bicyclic) bond motifs is 3. The van der Waals surface area contributed by atoms with E-state index in [9.17, 15) is 28.8 Å². The first-order valence-corrected chi connectivity index (χ1v) is 17.8. The van der Waals surface area contributed by atoms with Crippen LogP contribution >= 0.6 is 0 Å². The van der Waals surface area contributed by atoms with Gasteiger partial charge in [-0.25, -0.2) is 4.79 Å². The van der Waals surface area contributed by atoms with E-state index >= 15 is 0 Å². The Balaban J connectivity index is 1.63. The van der Waals surface area contributed by atoms with E-state index in [2.05, 4.69) is 32.8 Å². The van der Waals surface area contributed by atoms with Crippen molar-refractivity contribution in [3.8, 4) is 0 Å². The number of rotatable bonds is 8. The molecule has 6 atom stereocenters. The third kappa shape index (κ3) is 11.5. The largest absolute Gasteiger partial charge is 0.468 e. The Hall–Kier alpha value is -4.46. The highest BCUT2D eigenvalue weighted by Crippen LogP contribution is 2.43. The average Bonchev–Trinajstić information content (AvgIpc) is 3.59. The minimum Gasteiger partial charge on any atom is -0.468 e. The van der Waals surface area contributed by atoms with Crippen LogP contribution in [-0.4, -0.2) is 96.8 Å². The number of nitrogens with one attached hydrogen (secondary N) is 3. The summed E-state index contributed by atoms with van der Waals surface area (Å²) in [5.41, 5.74) is 0.251. The van der Waals surface area contributed by atoms with Crippen LogP contribution in [0.2, 0.25) is 0 Å². The summed E-state index contributed by atoms with van der Waals surface area (Å²) < 4.78 is 21.8. The zero-order valence-electron chi connectivity index (χ0n) is 30.0. The van der Waals surface area contributed by atoms with Crippen molar-refractivity contribution >= 4 is 35.8 Å². The first-order chi connectivity index (χ1) is 24.4. The molecule has 2 unspecified atom stereocenters. The van der Waals surface area contributed by atoms with Crippen molar-refractivity contribution < 1.29 is 47.7 Å². The van der Waals surface area contributed by atoms with Crippen LogP contribution in [0.25, 0.3) is 0 Å². The summed E-state index contributed by atoms with van der Waals surface area (Å²) >= 11 is 0. The molecule has 51 heavy (non-hydrogen) atoms. The van der Waals surface area contributed by atoms with Gasteiger partial charge in [0, 0.05) is 19.4 Å². The molecule has 2 fully saturated rings. The highest BCUT2D eigenvalue weighted by Gasteiger charge is 2.56. The van der Waals surface area contributed by atoms with E-state index < -0.39 is 78.2 Å². The van der Waals surface area contributed by atoms with Gasteiger partial charge in [-0.05, 0) is 64.4 Å². The molecule has 0 saturated carbocycles. The molecule has 14 nitrogen and oxygen atoms in total. The Labute approximate surface area is 299 Å². The molecule has 0 aliphatic carbocycles. The second-order valence-electron chi connectivity index (χ2n) is 14.0. The number of ether oxygens (including phenoxy) is 4. The quantitative estimate of drug-likeness (QED) is 0.206. The van der Waals surface area contributed by atoms with Gasteiger partial charge in [0.1, 0.15) is 25.2 Å². The molecule has 1 aromatic carbocycles. The number of amides is 4. The average molecular weight is 713 g/mol. The maximum atomic E-state index is 14.4. The predicted octanol–water partition coefficient (Wildman–Crippen LogP) is 3.07. The van der Waals surface area contributed by atoms with Gasteiger partial charge in [-0.1, -0.05) is 55.3 Å². The van der Waals surface area contributed by atoms with Gasteiger partial charge in [0.15, 0.2) is 6.10 Å². The molecule has 0 spiro atoms. The van der Waals surface area contributed by atoms with Gasteiger partial charge >= 0.3 is 18.0 Å². The maximum Gasteiger partial charge on any atom is 0.408 e. The number of nitrogens with zero attached hydrogens (tertiary/aromatic N) is 1. The number of carbonyl (C=O) groups excluding carboxylic acids is 6. The first kappa shape index (κ1) is 39.3. The fourth-order valence-electron chi connectivity index (χ4n) is 7.07. The predicted molar refractivity (Wildman–Crippen MR) is 185 cm³/mol. The summed E-state index contributed by atoms with van der Waals surface area (Å²) in [6.07, 6.45) is 6.92. The van der Waals surface area contributed by atoms with Gasteiger partial charge in [0.2, 0.25) is 11.8 Å². The molecule has 0 bridgehead atoms. The molecule has 0 aromatic heterocycles. The third-order valence-corrected chi connectivity index (χ3v) is 9.44. The number of alkyl carbamates (subject to hydrolysis) is 1. The van der Waals surface area contributed by atoms with Gasteiger partial charge in [-0.15, -0.1) is 0 Å². The van der Waals surface area contributed by atoms with Crippen LogP contribution in [0, 0.1) is 5.92 Å². The van der Waals surface area contributed by atoms with Crippen LogP contribution in [0.5, 0.6) is 0 Å². The highest BCUT2D eigenvalue weighted by atomic mass is 16.6. The summed E-state index contributed by atoms with van der Waals surface area (Å²) in [6.45, 7) is 4.72. The lowest BCUT2D eigenvalue weighted by Crippen LogP contribution is -2.59. The minimum absolute atomic E-state index is 0.0261. The Kier molecular flexibility index (Phi) is 14.4. The monoisotopic (exact) mass is 712 g/mol. The van der Waals surface area contributed by atoms with Crippen LogP contribution < -0.4 is 16.0 Å². The number of hydrogen-bond donors (Lipinski definition) is 3. The lowest BCUT2D eigenvalue weighted by atomic mass is 9.89. The molecule has 14 heteroatoms. The second kappa shape index (κ2) is 18.7. The number of hydrogen-bond acceptors (Lipinski definition) is 10. The molecule has 3 aliphatic rings. The van der Waals surface area contributed by atoms with E-state index in [0.717, 1.165) is 38.2 Å². The fourth-order valence-corrected chi connectivity index (χ4v) is 7.07. The van der Waals surface area contributed by atoms with Crippen LogP contribution in [0.15, 0.2) is 42.5 Å².